The van der Waals surface area contributed by atoms with E-state index in [0.29, 0.717) is 22.7 Å². The fourth-order valence-electron chi connectivity index (χ4n) is 4.36. The molecule has 0 bridgehead atoms. The Hall–Kier alpha value is -3.38. The van der Waals surface area contributed by atoms with Crippen LogP contribution in [0.2, 0.25) is 5.02 Å². The Labute approximate surface area is 196 Å². The number of halogens is 1. The van der Waals surface area contributed by atoms with Gasteiger partial charge in [0.15, 0.2) is 0 Å². The minimum atomic E-state index is -1.08. The standard InChI is InChI=1S/C26H25ClN2O4/c1-2-3-5-19-14-29(25(31)17-6-4-7-18(12-17)26(32)33)15-22-21(19)13-23(28-24(22)30)16-8-10-20(27)11-9-16/h4,6-13,19H,2-3,5,14-15H2,1H3,(H,28,30)(H,32,33). The number of nitrogens with zero attached hydrogens (tertiary/aromatic N) is 1. The van der Waals surface area contributed by atoms with E-state index in [-0.39, 0.29) is 29.5 Å². The minimum Gasteiger partial charge on any atom is -0.478 e. The summed E-state index contributed by atoms with van der Waals surface area (Å²) in [5, 5.41) is 9.89. The summed E-state index contributed by atoms with van der Waals surface area (Å²) in [4.78, 5) is 42.3. The van der Waals surface area contributed by atoms with Crippen LogP contribution in [0.5, 0.6) is 0 Å². The predicted octanol–water partition coefficient (Wildman–Crippen LogP) is 5.32. The number of aromatic carboxylic acids is 1. The second-order valence-electron chi connectivity index (χ2n) is 8.36. The Morgan fingerprint density at radius 1 is 1.12 bits per heavy atom. The average Bonchev–Trinajstić information content (AvgIpc) is 2.82. The third kappa shape index (κ3) is 4.86. The first-order valence-electron chi connectivity index (χ1n) is 11.0. The third-order valence-electron chi connectivity index (χ3n) is 6.11. The van der Waals surface area contributed by atoms with Crippen molar-refractivity contribution >= 4 is 23.5 Å². The van der Waals surface area contributed by atoms with E-state index in [1.807, 2.05) is 18.2 Å². The summed E-state index contributed by atoms with van der Waals surface area (Å²) in [6.45, 7) is 2.78. The van der Waals surface area contributed by atoms with Crippen LogP contribution in [0.25, 0.3) is 11.3 Å². The topological polar surface area (TPSA) is 90.5 Å². The third-order valence-corrected chi connectivity index (χ3v) is 6.36. The molecule has 0 fully saturated rings. The van der Waals surface area contributed by atoms with Crippen molar-refractivity contribution in [1.82, 2.24) is 9.88 Å². The largest absolute Gasteiger partial charge is 0.478 e. The number of unbranched alkanes of at least 4 members (excludes halogenated alkanes) is 1. The second-order valence-corrected chi connectivity index (χ2v) is 8.80. The lowest BCUT2D eigenvalue weighted by atomic mass is 9.85. The maximum absolute atomic E-state index is 13.2. The fraction of sp³-hybridized carbons (Fsp3) is 0.269. The number of pyridine rings is 1. The molecule has 6 nitrogen and oxygen atoms in total. The van der Waals surface area contributed by atoms with Crippen LogP contribution in [0.15, 0.2) is 59.4 Å². The normalized spacial score (nSPS) is 15.2. The number of hydrogen-bond acceptors (Lipinski definition) is 3. The molecule has 0 spiro atoms. The molecule has 0 saturated heterocycles. The molecule has 1 amide bonds. The van der Waals surface area contributed by atoms with Crippen LogP contribution < -0.4 is 5.56 Å². The molecule has 170 valence electrons. The molecule has 4 rings (SSSR count). The zero-order valence-electron chi connectivity index (χ0n) is 18.3. The van der Waals surface area contributed by atoms with Gasteiger partial charge in [0.2, 0.25) is 0 Å². The van der Waals surface area contributed by atoms with Crippen molar-refractivity contribution in [2.45, 2.75) is 38.6 Å². The van der Waals surface area contributed by atoms with Crippen molar-refractivity contribution in [2.24, 2.45) is 0 Å². The SMILES string of the molecule is CCCCC1CN(C(=O)c2cccc(C(=O)O)c2)Cc2c1cc(-c1ccc(Cl)cc1)[nH]c2=O. The molecule has 33 heavy (non-hydrogen) atoms. The summed E-state index contributed by atoms with van der Waals surface area (Å²) in [5.74, 6) is -1.33. The number of amides is 1. The van der Waals surface area contributed by atoms with Gasteiger partial charge in [-0.15, -0.1) is 0 Å². The van der Waals surface area contributed by atoms with Gasteiger partial charge < -0.3 is 15.0 Å². The van der Waals surface area contributed by atoms with Crippen molar-refractivity contribution in [3.8, 4) is 11.3 Å². The summed E-state index contributed by atoms with van der Waals surface area (Å²) in [6.07, 6.45) is 2.84. The Bertz CT molecular complexity index is 1250. The van der Waals surface area contributed by atoms with Gasteiger partial charge in [0.25, 0.3) is 11.5 Å². The van der Waals surface area contributed by atoms with Crippen LogP contribution in [-0.2, 0) is 6.54 Å². The fourth-order valence-corrected chi connectivity index (χ4v) is 4.49. The first kappa shape index (κ1) is 22.8. The maximum atomic E-state index is 13.2. The number of aromatic nitrogens is 1. The van der Waals surface area contributed by atoms with Gasteiger partial charge in [-0.25, -0.2) is 4.79 Å². The zero-order valence-corrected chi connectivity index (χ0v) is 19.1. The summed E-state index contributed by atoms with van der Waals surface area (Å²) in [7, 11) is 0. The van der Waals surface area contributed by atoms with E-state index in [0.717, 1.165) is 36.1 Å². The first-order chi connectivity index (χ1) is 15.9. The molecule has 2 heterocycles. The monoisotopic (exact) mass is 464 g/mol. The number of aromatic amines is 1. The summed E-state index contributed by atoms with van der Waals surface area (Å²) in [5.41, 5.74) is 3.32. The molecule has 2 aromatic carbocycles. The number of carbonyl (C=O) groups excluding carboxylic acids is 1. The Morgan fingerprint density at radius 3 is 2.55 bits per heavy atom. The Balaban J connectivity index is 1.71. The molecule has 1 atom stereocenters. The van der Waals surface area contributed by atoms with Crippen LogP contribution in [-0.4, -0.2) is 33.4 Å². The molecule has 1 aliphatic rings. The molecule has 2 N–H and O–H groups in total. The number of carbonyl (C=O) groups is 2. The van der Waals surface area contributed by atoms with Gasteiger partial charge in [0.05, 0.1) is 12.1 Å². The van der Waals surface area contributed by atoms with Crippen molar-refractivity contribution < 1.29 is 14.7 Å². The lowest BCUT2D eigenvalue weighted by Crippen LogP contribution is -2.41. The van der Waals surface area contributed by atoms with Gasteiger partial charge in [-0.2, -0.15) is 0 Å². The van der Waals surface area contributed by atoms with Gasteiger partial charge >= 0.3 is 5.97 Å². The number of fused-ring (bicyclic) bond motifs is 1. The molecule has 1 aliphatic heterocycles. The predicted molar refractivity (Wildman–Crippen MR) is 128 cm³/mol. The van der Waals surface area contributed by atoms with E-state index in [2.05, 4.69) is 11.9 Å². The van der Waals surface area contributed by atoms with Crippen LogP contribution in [0.4, 0.5) is 0 Å². The van der Waals surface area contributed by atoms with Crippen molar-refractivity contribution in [2.75, 3.05) is 6.54 Å². The van der Waals surface area contributed by atoms with Gasteiger partial charge in [-0.3, -0.25) is 9.59 Å². The van der Waals surface area contributed by atoms with E-state index in [1.54, 1.807) is 29.2 Å². The lowest BCUT2D eigenvalue weighted by Gasteiger charge is -2.34. The number of hydrogen-bond donors (Lipinski definition) is 2. The Morgan fingerprint density at radius 2 is 1.85 bits per heavy atom. The summed E-state index contributed by atoms with van der Waals surface area (Å²) < 4.78 is 0. The lowest BCUT2D eigenvalue weighted by molar-refractivity contribution is 0.0697. The molecule has 1 unspecified atom stereocenters. The highest BCUT2D eigenvalue weighted by Crippen LogP contribution is 2.33. The number of nitrogens with one attached hydrogen (secondary N) is 1. The summed E-state index contributed by atoms with van der Waals surface area (Å²) in [6, 6.07) is 15.3. The molecular formula is C26H25ClN2O4. The van der Waals surface area contributed by atoms with Gasteiger partial charge in [0.1, 0.15) is 0 Å². The number of carboxylic acid groups (broad SMARTS) is 1. The van der Waals surface area contributed by atoms with Gasteiger partial charge in [0, 0.05) is 34.3 Å². The Kier molecular flexibility index (Phi) is 6.65. The van der Waals surface area contributed by atoms with Crippen LogP contribution in [0.3, 0.4) is 0 Å². The first-order valence-corrected chi connectivity index (χ1v) is 11.4. The molecule has 0 saturated carbocycles. The van der Waals surface area contributed by atoms with Gasteiger partial charge in [-0.05, 0) is 53.9 Å². The highest BCUT2D eigenvalue weighted by Gasteiger charge is 2.31. The molecule has 0 radical (unpaired) electrons. The van der Waals surface area contributed by atoms with E-state index < -0.39 is 5.97 Å². The van der Waals surface area contributed by atoms with E-state index >= 15 is 0 Å². The van der Waals surface area contributed by atoms with Crippen molar-refractivity contribution in [1.29, 1.82) is 0 Å². The molecule has 3 aromatic rings. The highest BCUT2D eigenvalue weighted by molar-refractivity contribution is 6.30. The smallest absolute Gasteiger partial charge is 0.335 e. The van der Waals surface area contributed by atoms with Crippen LogP contribution >= 0.6 is 11.6 Å². The van der Waals surface area contributed by atoms with E-state index in [9.17, 15) is 19.5 Å². The van der Waals surface area contributed by atoms with Crippen molar-refractivity contribution in [3.05, 3.63) is 92.2 Å². The molecule has 7 heteroatoms. The second kappa shape index (κ2) is 9.63. The van der Waals surface area contributed by atoms with Gasteiger partial charge in [-0.1, -0.05) is 49.6 Å². The quantitative estimate of drug-likeness (QED) is 0.516. The molecule has 0 aliphatic carbocycles. The molecular weight excluding hydrogens is 440 g/mol. The maximum Gasteiger partial charge on any atom is 0.335 e. The summed E-state index contributed by atoms with van der Waals surface area (Å²) >= 11 is 6.01. The minimum absolute atomic E-state index is 0.0219. The molecule has 1 aromatic heterocycles. The average molecular weight is 465 g/mol. The van der Waals surface area contributed by atoms with Crippen molar-refractivity contribution in [3.63, 3.8) is 0 Å². The zero-order chi connectivity index (χ0) is 23.5. The number of rotatable bonds is 6. The van der Waals surface area contributed by atoms with E-state index in [4.69, 9.17) is 11.6 Å². The van der Waals surface area contributed by atoms with Crippen LogP contribution in [0.1, 0.15) is 63.9 Å². The number of carboxylic acids is 1. The van der Waals surface area contributed by atoms with Crippen LogP contribution in [0, 0.1) is 0 Å². The van der Waals surface area contributed by atoms with E-state index in [1.165, 1.54) is 12.1 Å². The number of benzene rings is 2. The number of H-pyrrole nitrogens is 1. The highest BCUT2D eigenvalue weighted by atomic mass is 35.5.